The summed E-state index contributed by atoms with van der Waals surface area (Å²) in [7, 11) is 0. The third kappa shape index (κ3) is 6.32. The van der Waals surface area contributed by atoms with Crippen molar-refractivity contribution in [3.63, 3.8) is 0 Å². The summed E-state index contributed by atoms with van der Waals surface area (Å²) in [5.41, 5.74) is 1.02. The number of halogens is 3. The highest BCUT2D eigenvalue weighted by molar-refractivity contribution is 5.27. The minimum Gasteiger partial charge on any atom is -0.406 e. The molecule has 1 nitrogen and oxygen atoms in total. The Morgan fingerprint density at radius 1 is 1.06 bits per heavy atom. The lowest BCUT2D eigenvalue weighted by atomic mass is 10.1. The van der Waals surface area contributed by atoms with Gasteiger partial charge in [-0.3, -0.25) is 0 Å². The van der Waals surface area contributed by atoms with E-state index in [1.165, 1.54) is 12.1 Å². The van der Waals surface area contributed by atoms with Crippen LogP contribution in [0.4, 0.5) is 13.2 Å². The van der Waals surface area contributed by atoms with Crippen LogP contribution >= 0.6 is 0 Å². The van der Waals surface area contributed by atoms with Crippen molar-refractivity contribution in [1.82, 2.24) is 0 Å². The Morgan fingerprint density at radius 3 is 1.94 bits per heavy atom. The monoisotopic (exact) mass is 234 g/mol. The maximum Gasteiger partial charge on any atom is 0.573 e. The first-order chi connectivity index (χ1) is 7.51. The van der Waals surface area contributed by atoms with Crippen LogP contribution in [0.5, 0.6) is 5.75 Å². The molecule has 92 valence electrons. The van der Waals surface area contributed by atoms with Gasteiger partial charge in [-0.05, 0) is 24.1 Å². The Bertz CT molecular complexity index is 277. The van der Waals surface area contributed by atoms with E-state index >= 15 is 0 Å². The first-order valence-corrected chi connectivity index (χ1v) is 5.36. The van der Waals surface area contributed by atoms with Crippen molar-refractivity contribution in [3.05, 3.63) is 29.8 Å². The molecule has 0 aliphatic heterocycles. The Morgan fingerprint density at radius 2 is 1.56 bits per heavy atom. The van der Waals surface area contributed by atoms with E-state index < -0.39 is 6.36 Å². The number of ether oxygens (including phenoxy) is 1. The van der Waals surface area contributed by atoms with Crippen molar-refractivity contribution >= 4 is 0 Å². The molecule has 0 N–H and O–H groups in total. The van der Waals surface area contributed by atoms with Gasteiger partial charge in [0.25, 0.3) is 0 Å². The Hall–Kier alpha value is -1.19. The van der Waals surface area contributed by atoms with Gasteiger partial charge in [-0.1, -0.05) is 39.3 Å². The van der Waals surface area contributed by atoms with Gasteiger partial charge in [0.05, 0.1) is 0 Å². The van der Waals surface area contributed by atoms with Gasteiger partial charge < -0.3 is 4.74 Å². The third-order valence-corrected chi connectivity index (χ3v) is 1.70. The summed E-state index contributed by atoms with van der Waals surface area (Å²) in [5, 5.41) is 0. The number of alkyl halides is 3. The van der Waals surface area contributed by atoms with Crippen LogP contribution in [0.1, 0.15) is 32.8 Å². The minimum absolute atomic E-state index is 0.169. The van der Waals surface area contributed by atoms with Crippen molar-refractivity contribution in [2.75, 3.05) is 0 Å². The van der Waals surface area contributed by atoms with E-state index in [4.69, 9.17) is 0 Å². The molecule has 0 saturated heterocycles. The molecule has 0 fully saturated rings. The van der Waals surface area contributed by atoms with Crippen molar-refractivity contribution < 1.29 is 17.9 Å². The third-order valence-electron chi connectivity index (χ3n) is 1.70. The quantitative estimate of drug-likeness (QED) is 0.744. The lowest BCUT2D eigenvalue weighted by Crippen LogP contribution is -2.16. The smallest absolute Gasteiger partial charge is 0.406 e. The molecule has 16 heavy (non-hydrogen) atoms. The molecular weight excluding hydrogens is 217 g/mol. The molecule has 0 radical (unpaired) electrons. The maximum atomic E-state index is 11.8. The maximum absolute atomic E-state index is 11.8. The van der Waals surface area contributed by atoms with Gasteiger partial charge in [0, 0.05) is 0 Å². The first-order valence-electron chi connectivity index (χ1n) is 5.36. The fourth-order valence-electron chi connectivity index (χ4n) is 1.15. The van der Waals surface area contributed by atoms with E-state index in [0.29, 0.717) is 0 Å². The van der Waals surface area contributed by atoms with Crippen LogP contribution in [0.25, 0.3) is 0 Å². The fourth-order valence-corrected chi connectivity index (χ4v) is 1.15. The second-order valence-corrected chi connectivity index (χ2v) is 2.94. The number of aryl methyl sites for hydroxylation is 1. The van der Waals surface area contributed by atoms with Crippen molar-refractivity contribution in [3.8, 4) is 5.75 Å². The molecule has 1 aromatic rings. The topological polar surface area (TPSA) is 9.23 Å². The zero-order valence-electron chi connectivity index (χ0n) is 9.77. The van der Waals surface area contributed by atoms with Gasteiger partial charge in [0.1, 0.15) is 5.75 Å². The van der Waals surface area contributed by atoms with E-state index in [0.717, 1.165) is 18.4 Å². The van der Waals surface area contributed by atoms with Crippen LogP contribution in [-0.4, -0.2) is 6.36 Å². The predicted octanol–water partition coefficient (Wildman–Crippen LogP) is 4.56. The Balaban J connectivity index is 0.00000106. The van der Waals surface area contributed by atoms with E-state index in [2.05, 4.69) is 4.74 Å². The van der Waals surface area contributed by atoms with Gasteiger partial charge in [-0.15, -0.1) is 13.2 Å². The SMILES string of the molecule is CC.CCCc1ccc(OC(F)(F)F)cc1. The fraction of sp³-hybridized carbons (Fsp3) is 0.500. The van der Waals surface area contributed by atoms with E-state index in [1.54, 1.807) is 12.1 Å². The molecule has 0 amide bonds. The standard InChI is InChI=1S/C10H11F3O.C2H6/c1-2-3-8-4-6-9(7-5-8)14-10(11,12)13;1-2/h4-7H,2-3H2,1H3;1-2H3. The molecule has 0 spiro atoms. The molecule has 4 heteroatoms. The van der Waals surface area contributed by atoms with Crippen LogP contribution in [-0.2, 0) is 6.42 Å². The second kappa shape index (κ2) is 7.14. The lowest BCUT2D eigenvalue weighted by Gasteiger charge is -2.08. The highest BCUT2D eigenvalue weighted by Gasteiger charge is 2.30. The second-order valence-electron chi connectivity index (χ2n) is 2.94. The summed E-state index contributed by atoms with van der Waals surface area (Å²) < 4.78 is 39.0. The normalized spacial score (nSPS) is 10.4. The van der Waals surface area contributed by atoms with E-state index in [1.807, 2.05) is 20.8 Å². The molecule has 0 heterocycles. The number of benzene rings is 1. The van der Waals surface area contributed by atoms with Gasteiger partial charge in [0.2, 0.25) is 0 Å². The summed E-state index contributed by atoms with van der Waals surface area (Å²) >= 11 is 0. The summed E-state index contributed by atoms with van der Waals surface area (Å²) in [6.07, 6.45) is -2.77. The van der Waals surface area contributed by atoms with Crippen molar-refractivity contribution in [1.29, 1.82) is 0 Å². The molecule has 1 rings (SSSR count). The summed E-state index contributed by atoms with van der Waals surface area (Å²) in [6.45, 7) is 6.01. The predicted molar refractivity (Wildman–Crippen MR) is 58.5 cm³/mol. The van der Waals surface area contributed by atoms with Gasteiger partial charge in [0.15, 0.2) is 0 Å². The van der Waals surface area contributed by atoms with Gasteiger partial charge >= 0.3 is 6.36 Å². The van der Waals surface area contributed by atoms with Gasteiger partial charge in [-0.2, -0.15) is 0 Å². The van der Waals surface area contributed by atoms with Crippen LogP contribution in [0.3, 0.4) is 0 Å². The van der Waals surface area contributed by atoms with Crippen LogP contribution in [0.15, 0.2) is 24.3 Å². The molecule has 0 aliphatic rings. The summed E-state index contributed by atoms with van der Waals surface area (Å²) in [5.74, 6) is -0.169. The molecule has 0 bridgehead atoms. The zero-order chi connectivity index (χ0) is 12.6. The highest BCUT2D eigenvalue weighted by Crippen LogP contribution is 2.22. The molecule has 1 aromatic carbocycles. The Kier molecular flexibility index (Phi) is 6.61. The molecule has 0 aromatic heterocycles. The lowest BCUT2D eigenvalue weighted by molar-refractivity contribution is -0.274. The number of hydrogen-bond donors (Lipinski definition) is 0. The number of hydrogen-bond acceptors (Lipinski definition) is 1. The van der Waals surface area contributed by atoms with Crippen molar-refractivity contribution in [2.45, 2.75) is 40.0 Å². The largest absolute Gasteiger partial charge is 0.573 e. The average Bonchev–Trinajstić information content (AvgIpc) is 2.22. The Labute approximate surface area is 94.2 Å². The summed E-state index contributed by atoms with van der Waals surface area (Å²) in [4.78, 5) is 0. The summed E-state index contributed by atoms with van der Waals surface area (Å²) in [6, 6.07) is 5.95. The average molecular weight is 234 g/mol. The van der Waals surface area contributed by atoms with Crippen LogP contribution in [0.2, 0.25) is 0 Å². The molecule has 0 unspecified atom stereocenters. The number of rotatable bonds is 3. The molecule has 0 aliphatic carbocycles. The van der Waals surface area contributed by atoms with Crippen molar-refractivity contribution in [2.24, 2.45) is 0 Å². The van der Waals surface area contributed by atoms with Crippen LogP contribution in [0, 0.1) is 0 Å². The highest BCUT2D eigenvalue weighted by atomic mass is 19.4. The zero-order valence-corrected chi connectivity index (χ0v) is 9.77. The van der Waals surface area contributed by atoms with Crippen LogP contribution < -0.4 is 4.74 Å². The minimum atomic E-state index is -4.60. The first kappa shape index (κ1) is 14.8. The van der Waals surface area contributed by atoms with E-state index in [-0.39, 0.29) is 5.75 Å². The van der Waals surface area contributed by atoms with E-state index in [9.17, 15) is 13.2 Å². The molecule has 0 atom stereocenters. The van der Waals surface area contributed by atoms with Gasteiger partial charge in [-0.25, -0.2) is 0 Å². The molecular formula is C12H17F3O. The molecule has 0 saturated carbocycles.